The molecule has 0 spiro atoms. The number of methoxy groups -OCH3 is 1. The molecule has 1 N–H and O–H groups in total. The highest BCUT2D eigenvalue weighted by atomic mass is 35.5. The van der Waals surface area contributed by atoms with Crippen LogP contribution in [0.3, 0.4) is 0 Å². The summed E-state index contributed by atoms with van der Waals surface area (Å²) in [6.07, 6.45) is -0.372. The first kappa shape index (κ1) is 16.1. The van der Waals surface area contributed by atoms with Crippen molar-refractivity contribution in [2.24, 2.45) is 0 Å². The highest BCUT2D eigenvalue weighted by Crippen LogP contribution is 2.27. The van der Waals surface area contributed by atoms with E-state index in [9.17, 15) is 9.50 Å². The molecule has 2 aromatic carbocycles. The van der Waals surface area contributed by atoms with Gasteiger partial charge in [-0.15, -0.1) is 0 Å². The van der Waals surface area contributed by atoms with Crippen molar-refractivity contribution < 1.29 is 14.2 Å². The number of benzene rings is 2. The van der Waals surface area contributed by atoms with E-state index in [1.54, 1.807) is 30.3 Å². The van der Waals surface area contributed by atoms with Crippen LogP contribution in [0.2, 0.25) is 10.0 Å². The number of hydrogen-bond donors (Lipinski definition) is 1. The predicted molar refractivity (Wildman–Crippen MR) is 82.8 cm³/mol. The Balaban J connectivity index is 2.14. The highest BCUT2D eigenvalue weighted by molar-refractivity contribution is 6.35. The van der Waals surface area contributed by atoms with Gasteiger partial charge in [0.1, 0.15) is 0 Å². The van der Waals surface area contributed by atoms with Gasteiger partial charge in [-0.1, -0.05) is 41.4 Å². The Morgan fingerprint density at radius 2 is 1.71 bits per heavy atom. The topological polar surface area (TPSA) is 29.5 Å². The number of hydrogen-bond acceptors (Lipinski definition) is 2. The summed E-state index contributed by atoms with van der Waals surface area (Å²) >= 11 is 12.1. The summed E-state index contributed by atoms with van der Waals surface area (Å²) < 4.78 is 19.0. The van der Waals surface area contributed by atoms with Crippen LogP contribution in [0.5, 0.6) is 5.75 Å². The monoisotopic (exact) mass is 328 g/mol. The summed E-state index contributed by atoms with van der Waals surface area (Å²) in [4.78, 5) is 0. The maximum Gasteiger partial charge on any atom is 0.168 e. The molecule has 21 heavy (non-hydrogen) atoms. The lowest BCUT2D eigenvalue weighted by molar-refractivity contribution is 0.174. The van der Waals surface area contributed by atoms with Gasteiger partial charge in [0, 0.05) is 22.9 Å². The molecule has 0 saturated carbocycles. The second-order valence-corrected chi connectivity index (χ2v) is 5.51. The van der Waals surface area contributed by atoms with Crippen molar-refractivity contribution in [2.75, 3.05) is 7.11 Å². The molecule has 0 radical (unpaired) electrons. The van der Waals surface area contributed by atoms with Crippen LogP contribution < -0.4 is 4.74 Å². The van der Waals surface area contributed by atoms with E-state index in [2.05, 4.69) is 0 Å². The largest absolute Gasteiger partial charge is 0.494 e. The van der Waals surface area contributed by atoms with Crippen LogP contribution in [0, 0.1) is 5.82 Å². The third kappa shape index (κ3) is 3.88. The quantitative estimate of drug-likeness (QED) is 0.887. The Kier molecular flexibility index (Phi) is 5.45. The minimum absolute atomic E-state index is 0.157. The maximum absolute atomic E-state index is 14.0. The van der Waals surface area contributed by atoms with Gasteiger partial charge in [-0.3, -0.25) is 0 Å². The van der Waals surface area contributed by atoms with E-state index in [1.807, 2.05) is 0 Å². The molecule has 0 saturated heterocycles. The van der Waals surface area contributed by atoms with Gasteiger partial charge in [0.25, 0.3) is 0 Å². The molecule has 112 valence electrons. The molecule has 0 aliphatic carbocycles. The van der Waals surface area contributed by atoms with Crippen LogP contribution in [0.1, 0.15) is 11.1 Å². The number of aliphatic hydroxyl groups excluding tert-OH is 1. The Bertz CT molecular complexity index is 611. The summed E-state index contributed by atoms with van der Waals surface area (Å²) in [6.45, 7) is 0. The minimum Gasteiger partial charge on any atom is -0.494 e. The first-order valence-electron chi connectivity index (χ1n) is 6.45. The first-order valence-corrected chi connectivity index (χ1v) is 7.21. The van der Waals surface area contributed by atoms with Crippen molar-refractivity contribution in [1.29, 1.82) is 0 Å². The lowest BCUT2D eigenvalue weighted by atomic mass is 10.0. The van der Waals surface area contributed by atoms with Crippen LogP contribution in [-0.4, -0.2) is 18.3 Å². The van der Waals surface area contributed by atoms with E-state index in [-0.39, 0.29) is 18.6 Å². The zero-order valence-corrected chi connectivity index (χ0v) is 13.0. The molecule has 1 atom stereocenters. The van der Waals surface area contributed by atoms with E-state index < -0.39 is 11.9 Å². The normalized spacial score (nSPS) is 12.2. The van der Waals surface area contributed by atoms with Gasteiger partial charge in [-0.05, 0) is 29.3 Å². The van der Waals surface area contributed by atoms with Gasteiger partial charge >= 0.3 is 0 Å². The fourth-order valence-electron chi connectivity index (χ4n) is 2.16. The van der Waals surface area contributed by atoms with E-state index in [0.717, 1.165) is 0 Å². The van der Waals surface area contributed by atoms with E-state index >= 15 is 0 Å². The summed E-state index contributed by atoms with van der Waals surface area (Å²) in [6, 6.07) is 10.0. The fourth-order valence-corrected chi connectivity index (χ4v) is 2.71. The molecule has 5 heteroatoms. The zero-order chi connectivity index (χ0) is 15.4. The van der Waals surface area contributed by atoms with Crippen LogP contribution in [0.4, 0.5) is 4.39 Å². The number of ether oxygens (including phenoxy) is 1. The van der Waals surface area contributed by atoms with Crippen LogP contribution >= 0.6 is 23.2 Å². The van der Waals surface area contributed by atoms with Crippen LogP contribution in [0.25, 0.3) is 0 Å². The molecular weight excluding hydrogens is 314 g/mol. The van der Waals surface area contributed by atoms with Crippen molar-refractivity contribution >= 4 is 23.2 Å². The Morgan fingerprint density at radius 1 is 1.10 bits per heavy atom. The first-order chi connectivity index (χ1) is 10.0. The van der Waals surface area contributed by atoms with E-state index in [1.165, 1.54) is 13.2 Å². The maximum atomic E-state index is 14.0. The molecule has 0 aromatic heterocycles. The van der Waals surface area contributed by atoms with Crippen molar-refractivity contribution in [2.45, 2.75) is 18.9 Å². The van der Waals surface area contributed by atoms with Gasteiger partial charge in [0.15, 0.2) is 11.6 Å². The summed E-state index contributed by atoms with van der Waals surface area (Å²) in [5.41, 5.74) is 1.06. The molecule has 0 heterocycles. The summed E-state index contributed by atoms with van der Waals surface area (Å²) in [5, 5.41) is 11.2. The Morgan fingerprint density at radius 3 is 2.33 bits per heavy atom. The van der Waals surface area contributed by atoms with E-state index in [0.29, 0.717) is 21.2 Å². The summed E-state index contributed by atoms with van der Waals surface area (Å²) in [7, 11) is 1.40. The predicted octanol–water partition coefficient (Wildman–Crippen LogP) is 4.29. The second kappa shape index (κ2) is 7.12. The minimum atomic E-state index is -0.788. The van der Waals surface area contributed by atoms with Gasteiger partial charge in [0.2, 0.25) is 0 Å². The summed E-state index contributed by atoms with van der Waals surface area (Å²) in [5.74, 6) is -0.292. The zero-order valence-electron chi connectivity index (χ0n) is 11.4. The molecule has 0 fully saturated rings. The van der Waals surface area contributed by atoms with Crippen molar-refractivity contribution in [1.82, 2.24) is 0 Å². The molecule has 2 aromatic rings. The second-order valence-electron chi connectivity index (χ2n) is 4.70. The molecule has 0 amide bonds. The number of aliphatic hydroxyl groups is 1. The Labute approximate surface area is 133 Å². The van der Waals surface area contributed by atoms with E-state index in [4.69, 9.17) is 27.9 Å². The SMILES string of the molecule is COc1cccc(CC(O)Cc2c(Cl)cccc2Cl)c1F. The molecule has 1 unspecified atom stereocenters. The van der Waals surface area contributed by atoms with Gasteiger partial charge in [0.05, 0.1) is 13.2 Å². The number of rotatable bonds is 5. The van der Waals surface area contributed by atoms with Crippen LogP contribution in [0.15, 0.2) is 36.4 Å². The molecular formula is C16H15Cl2FO2. The standard InChI is InChI=1S/C16H15Cl2FO2/c1-21-15-7-2-4-10(16(15)19)8-11(20)9-12-13(17)5-3-6-14(12)18/h2-7,11,20H,8-9H2,1H3. The average molecular weight is 329 g/mol. The van der Waals surface area contributed by atoms with Crippen molar-refractivity contribution in [3.05, 3.63) is 63.4 Å². The molecule has 2 rings (SSSR count). The van der Waals surface area contributed by atoms with Gasteiger partial charge < -0.3 is 9.84 Å². The highest BCUT2D eigenvalue weighted by Gasteiger charge is 2.16. The lowest BCUT2D eigenvalue weighted by Gasteiger charge is -2.14. The van der Waals surface area contributed by atoms with Crippen molar-refractivity contribution in [3.63, 3.8) is 0 Å². The molecule has 0 aliphatic heterocycles. The molecule has 0 aliphatic rings. The molecule has 2 nitrogen and oxygen atoms in total. The Hall–Kier alpha value is -1.29. The third-order valence-corrected chi connectivity index (χ3v) is 3.93. The molecule has 0 bridgehead atoms. The van der Waals surface area contributed by atoms with Crippen molar-refractivity contribution in [3.8, 4) is 5.75 Å². The van der Waals surface area contributed by atoms with Gasteiger partial charge in [-0.25, -0.2) is 4.39 Å². The smallest absolute Gasteiger partial charge is 0.168 e. The average Bonchev–Trinajstić information content (AvgIpc) is 2.45. The number of halogens is 3. The third-order valence-electron chi connectivity index (χ3n) is 3.22. The lowest BCUT2D eigenvalue weighted by Crippen LogP contribution is -2.15. The fraction of sp³-hybridized carbons (Fsp3) is 0.250. The van der Waals surface area contributed by atoms with Gasteiger partial charge in [-0.2, -0.15) is 0 Å². The van der Waals surface area contributed by atoms with Crippen LogP contribution in [-0.2, 0) is 12.8 Å².